The zero-order valence-electron chi connectivity index (χ0n) is 12.0. The first-order valence-corrected chi connectivity index (χ1v) is 7.42. The lowest BCUT2D eigenvalue weighted by Gasteiger charge is -2.05. The molecule has 0 fully saturated rings. The molecule has 1 N–H and O–H groups in total. The first-order chi connectivity index (χ1) is 11.2. The lowest BCUT2D eigenvalue weighted by atomic mass is 10.1. The zero-order valence-corrected chi connectivity index (χ0v) is 12.8. The molecule has 0 radical (unpaired) electrons. The van der Waals surface area contributed by atoms with Crippen LogP contribution in [0.2, 0.25) is 0 Å². The Balaban J connectivity index is 1.84. The number of carbonyl (C=O) groups excluding carboxylic acids is 1. The molecule has 0 saturated heterocycles. The normalized spacial score (nSPS) is 10.3. The SMILES string of the molecule is COc1ccc(F)cc1-c1csc(NC(=O)c2cnccn2)n1. The lowest BCUT2D eigenvalue weighted by molar-refractivity contribution is 0.102. The Bertz CT molecular complexity index is 839. The maximum absolute atomic E-state index is 13.4. The van der Waals surface area contributed by atoms with Crippen LogP contribution in [0.25, 0.3) is 11.3 Å². The predicted octanol–water partition coefficient (Wildman–Crippen LogP) is 3.00. The molecule has 0 saturated carbocycles. The highest BCUT2D eigenvalue weighted by Crippen LogP contribution is 2.32. The van der Waals surface area contributed by atoms with E-state index < -0.39 is 5.91 Å². The van der Waals surface area contributed by atoms with Crippen molar-refractivity contribution in [3.63, 3.8) is 0 Å². The fourth-order valence-electron chi connectivity index (χ4n) is 1.91. The van der Waals surface area contributed by atoms with E-state index in [-0.39, 0.29) is 11.5 Å². The molecule has 116 valence electrons. The van der Waals surface area contributed by atoms with Crippen LogP contribution in [0.5, 0.6) is 5.75 Å². The predicted molar refractivity (Wildman–Crippen MR) is 84.0 cm³/mol. The average molecular weight is 330 g/mol. The Labute approximate surface area is 135 Å². The van der Waals surface area contributed by atoms with Crippen molar-refractivity contribution in [2.75, 3.05) is 12.4 Å². The third-order valence-electron chi connectivity index (χ3n) is 2.96. The maximum atomic E-state index is 13.4. The quantitative estimate of drug-likeness (QED) is 0.796. The summed E-state index contributed by atoms with van der Waals surface area (Å²) in [5.74, 6) is -0.298. The topological polar surface area (TPSA) is 77.0 Å². The van der Waals surface area contributed by atoms with Crippen molar-refractivity contribution >= 4 is 22.4 Å². The molecule has 0 aliphatic carbocycles. The van der Waals surface area contributed by atoms with Crippen LogP contribution >= 0.6 is 11.3 Å². The number of ether oxygens (including phenoxy) is 1. The summed E-state index contributed by atoms with van der Waals surface area (Å²) in [6.07, 6.45) is 4.27. The van der Waals surface area contributed by atoms with Gasteiger partial charge in [0.1, 0.15) is 17.3 Å². The Morgan fingerprint density at radius 3 is 2.96 bits per heavy atom. The van der Waals surface area contributed by atoms with Crippen LogP contribution in [-0.2, 0) is 0 Å². The monoisotopic (exact) mass is 330 g/mol. The second-order valence-electron chi connectivity index (χ2n) is 4.43. The third-order valence-corrected chi connectivity index (χ3v) is 3.72. The van der Waals surface area contributed by atoms with E-state index in [9.17, 15) is 9.18 Å². The summed E-state index contributed by atoms with van der Waals surface area (Å²) in [5, 5.41) is 4.72. The second kappa shape index (κ2) is 6.49. The highest BCUT2D eigenvalue weighted by molar-refractivity contribution is 7.14. The number of hydrogen-bond donors (Lipinski definition) is 1. The number of aromatic nitrogens is 3. The molecule has 1 aromatic carbocycles. The number of benzene rings is 1. The molecule has 3 rings (SSSR count). The van der Waals surface area contributed by atoms with E-state index in [2.05, 4.69) is 20.3 Å². The maximum Gasteiger partial charge on any atom is 0.277 e. The van der Waals surface area contributed by atoms with Gasteiger partial charge >= 0.3 is 0 Å². The fraction of sp³-hybridized carbons (Fsp3) is 0.0667. The summed E-state index contributed by atoms with van der Waals surface area (Å²) in [7, 11) is 1.50. The fourth-order valence-corrected chi connectivity index (χ4v) is 2.62. The summed E-state index contributed by atoms with van der Waals surface area (Å²) in [6.45, 7) is 0. The van der Waals surface area contributed by atoms with Crippen molar-refractivity contribution in [3.8, 4) is 17.0 Å². The average Bonchev–Trinajstić information content (AvgIpc) is 3.04. The van der Waals surface area contributed by atoms with Crippen LogP contribution < -0.4 is 10.1 Å². The molecular weight excluding hydrogens is 319 g/mol. The van der Waals surface area contributed by atoms with Gasteiger partial charge in [0.25, 0.3) is 5.91 Å². The van der Waals surface area contributed by atoms with Crippen LogP contribution in [0.3, 0.4) is 0 Å². The second-order valence-corrected chi connectivity index (χ2v) is 5.29. The number of nitrogens with zero attached hydrogens (tertiary/aromatic N) is 3. The number of carbonyl (C=O) groups is 1. The molecule has 0 atom stereocenters. The Morgan fingerprint density at radius 1 is 1.35 bits per heavy atom. The van der Waals surface area contributed by atoms with E-state index in [1.165, 1.54) is 55.2 Å². The molecule has 3 aromatic rings. The van der Waals surface area contributed by atoms with Crippen molar-refractivity contribution in [1.29, 1.82) is 0 Å². The number of hydrogen-bond acceptors (Lipinski definition) is 6. The lowest BCUT2D eigenvalue weighted by Crippen LogP contribution is -2.13. The van der Waals surface area contributed by atoms with Gasteiger partial charge in [0.05, 0.1) is 19.0 Å². The Kier molecular flexibility index (Phi) is 4.24. The van der Waals surface area contributed by atoms with E-state index in [4.69, 9.17) is 4.74 Å². The van der Waals surface area contributed by atoms with E-state index in [1.54, 1.807) is 5.38 Å². The minimum atomic E-state index is -0.412. The van der Waals surface area contributed by atoms with Crippen molar-refractivity contribution in [2.45, 2.75) is 0 Å². The molecule has 0 spiro atoms. The van der Waals surface area contributed by atoms with Gasteiger partial charge in [-0.15, -0.1) is 11.3 Å². The molecule has 8 heteroatoms. The summed E-state index contributed by atoms with van der Waals surface area (Å²) < 4.78 is 18.6. The van der Waals surface area contributed by atoms with E-state index in [1.807, 2.05) is 0 Å². The molecular formula is C15H11FN4O2S. The molecule has 2 heterocycles. The molecule has 0 aliphatic rings. The molecule has 0 unspecified atom stereocenters. The molecule has 2 aromatic heterocycles. The third kappa shape index (κ3) is 3.32. The smallest absolute Gasteiger partial charge is 0.277 e. The van der Waals surface area contributed by atoms with Crippen molar-refractivity contribution < 1.29 is 13.9 Å². The van der Waals surface area contributed by atoms with Gasteiger partial charge < -0.3 is 4.74 Å². The van der Waals surface area contributed by atoms with Gasteiger partial charge in [-0.2, -0.15) is 0 Å². The minimum Gasteiger partial charge on any atom is -0.496 e. The number of thiazole rings is 1. The molecule has 6 nitrogen and oxygen atoms in total. The van der Waals surface area contributed by atoms with Gasteiger partial charge in [-0.3, -0.25) is 15.1 Å². The number of amides is 1. The number of anilines is 1. The largest absolute Gasteiger partial charge is 0.496 e. The van der Waals surface area contributed by atoms with Crippen molar-refractivity contribution in [3.05, 3.63) is 53.7 Å². The summed E-state index contributed by atoms with van der Waals surface area (Å²) in [6, 6.07) is 4.18. The summed E-state index contributed by atoms with van der Waals surface area (Å²) in [5.41, 5.74) is 1.22. The first-order valence-electron chi connectivity index (χ1n) is 6.54. The summed E-state index contributed by atoms with van der Waals surface area (Å²) in [4.78, 5) is 24.0. The number of rotatable bonds is 4. The standard InChI is InChI=1S/C15H11FN4O2S/c1-22-13-3-2-9(16)6-10(13)12-8-23-15(19-12)20-14(21)11-7-17-4-5-18-11/h2-8H,1H3,(H,19,20,21). The van der Waals surface area contributed by atoms with E-state index in [0.717, 1.165) is 0 Å². The van der Waals surface area contributed by atoms with E-state index in [0.29, 0.717) is 22.1 Å². The molecule has 0 aliphatic heterocycles. The highest BCUT2D eigenvalue weighted by Gasteiger charge is 2.14. The van der Waals surface area contributed by atoms with Gasteiger partial charge in [-0.05, 0) is 18.2 Å². The van der Waals surface area contributed by atoms with E-state index >= 15 is 0 Å². The van der Waals surface area contributed by atoms with Crippen LogP contribution in [0.1, 0.15) is 10.5 Å². The van der Waals surface area contributed by atoms with Gasteiger partial charge in [0.15, 0.2) is 5.13 Å². The van der Waals surface area contributed by atoms with Crippen molar-refractivity contribution in [1.82, 2.24) is 15.0 Å². The first kappa shape index (κ1) is 15.0. The summed E-state index contributed by atoms with van der Waals surface area (Å²) >= 11 is 1.22. The van der Waals surface area contributed by atoms with Gasteiger partial charge in [0, 0.05) is 23.3 Å². The van der Waals surface area contributed by atoms with Gasteiger partial charge in [-0.1, -0.05) is 0 Å². The number of halogens is 1. The van der Waals surface area contributed by atoms with Crippen LogP contribution in [0.4, 0.5) is 9.52 Å². The Hall–Kier alpha value is -2.87. The van der Waals surface area contributed by atoms with Gasteiger partial charge in [-0.25, -0.2) is 14.4 Å². The van der Waals surface area contributed by atoms with Crippen molar-refractivity contribution in [2.24, 2.45) is 0 Å². The zero-order chi connectivity index (χ0) is 16.2. The number of methoxy groups -OCH3 is 1. The van der Waals surface area contributed by atoms with Crippen LogP contribution in [-0.4, -0.2) is 28.0 Å². The van der Waals surface area contributed by atoms with Gasteiger partial charge in [0.2, 0.25) is 0 Å². The van der Waals surface area contributed by atoms with Crippen LogP contribution in [0.15, 0.2) is 42.2 Å². The minimum absolute atomic E-state index is 0.188. The number of nitrogens with one attached hydrogen (secondary N) is 1. The Morgan fingerprint density at radius 2 is 2.22 bits per heavy atom. The highest BCUT2D eigenvalue weighted by atomic mass is 32.1. The molecule has 1 amide bonds. The molecule has 0 bridgehead atoms. The van der Waals surface area contributed by atoms with Crippen LogP contribution in [0, 0.1) is 5.82 Å². The molecule has 23 heavy (non-hydrogen) atoms.